The van der Waals surface area contributed by atoms with Gasteiger partial charge in [0.15, 0.2) is 11.5 Å². The molecule has 0 amide bonds. The Hall–Kier alpha value is -1.07. The molecule has 5 heteroatoms. The summed E-state index contributed by atoms with van der Waals surface area (Å²) in [4.78, 5) is 0. The highest BCUT2D eigenvalue weighted by molar-refractivity contribution is 7.85. The van der Waals surface area contributed by atoms with Crippen molar-refractivity contribution in [3.05, 3.63) is 23.8 Å². The van der Waals surface area contributed by atoms with Gasteiger partial charge >= 0.3 is 0 Å². The predicted octanol–water partition coefficient (Wildman–Crippen LogP) is 2.74. The van der Waals surface area contributed by atoms with E-state index in [1.165, 1.54) is 12.8 Å². The van der Waals surface area contributed by atoms with Crippen molar-refractivity contribution in [3.63, 3.8) is 0 Å². The molecular formula is C16H23NO3S. The molecule has 0 aromatic heterocycles. The van der Waals surface area contributed by atoms with Gasteiger partial charge in [0.25, 0.3) is 0 Å². The molecule has 2 N–H and O–H groups in total. The van der Waals surface area contributed by atoms with Gasteiger partial charge in [0.05, 0.1) is 0 Å². The van der Waals surface area contributed by atoms with Crippen LogP contribution in [0, 0.1) is 5.92 Å². The second-order valence-electron chi connectivity index (χ2n) is 6.16. The number of fused-ring (bicyclic) bond motifs is 1. The highest BCUT2D eigenvalue weighted by Gasteiger charge is 2.26. The summed E-state index contributed by atoms with van der Waals surface area (Å²) >= 11 is 0. The number of hydrogen-bond donors (Lipinski definition) is 1. The molecule has 4 atom stereocenters. The van der Waals surface area contributed by atoms with Crippen LogP contribution in [0.15, 0.2) is 18.2 Å². The third-order valence-electron chi connectivity index (χ3n) is 4.43. The Kier molecular flexibility index (Phi) is 4.50. The van der Waals surface area contributed by atoms with E-state index in [9.17, 15) is 4.21 Å². The molecule has 4 unspecified atom stereocenters. The van der Waals surface area contributed by atoms with Crippen molar-refractivity contribution in [1.29, 1.82) is 0 Å². The summed E-state index contributed by atoms with van der Waals surface area (Å²) in [6.45, 7) is 2.51. The van der Waals surface area contributed by atoms with E-state index in [-0.39, 0.29) is 12.8 Å². The molecule has 1 aromatic rings. The summed E-state index contributed by atoms with van der Waals surface area (Å²) in [6.07, 6.45) is 4.60. The maximum Gasteiger partial charge on any atom is 0.231 e. The van der Waals surface area contributed by atoms with Crippen molar-refractivity contribution in [1.82, 2.24) is 0 Å². The average molecular weight is 309 g/mol. The van der Waals surface area contributed by atoms with Gasteiger partial charge in [-0.15, -0.1) is 0 Å². The molecule has 1 heterocycles. The van der Waals surface area contributed by atoms with Crippen LogP contribution in [0.25, 0.3) is 0 Å². The topological polar surface area (TPSA) is 61.6 Å². The maximum absolute atomic E-state index is 12.5. The van der Waals surface area contributed by atoms with Gasteiger partial charge in [-0.3, -0.25) is 4.21 Å². The predicted molar refractivity (Wildman–Crippen MR) is 83.9 cm³/mol. The standard InChI is InChI=1S/C16H23NO3S/c1-11-3-2-4-13(7-11)21(18)9-14(17)12-5-6-15-16(8-12)20-10-19-15/h5-6,8,11,13-14H,2-4,7,9-10,17H2,1H3. The quantitative estimate of drug-likeness (QED) is 0.929. The molecule has 0 saturated heterocycles. The van der Waals surface area contributed by atoms with Crippen LogP contribution in [0.4, 0.5) is 0 Å². The first-order chi connectivity index (χ1) is 10.1. The second-order valence-corrected chi connectivity index (χ2v) is 7.92. The summed E-state index contributed by atoms with van der Waals surface area (Å²) in [5.74, 6) is 2.71. The number of nitrogens with two attached hydrogens (primary N) is 1. The van der Waals surface area contributed by atoms with Crippen LogP contribution >= 0.6 is 0 Å². The SMILES string of the molecule is CC1CCCC(S(=O)CC(N)c2ccc3c(c2)OCO3)C1. The number of hydrogen-bond acceptors (Lipinski definition) is 4. The summed E-state index contributed by atoms with van der Waals surface area (Å²) < 4.78 is 23.2. The van der Waals surface area contributed by atoms with Crippen LogP contribution in [0.2, 0.25) is 0 Å². The molecule has 2 aliphatic rings. The minimum atomic E-state index is -0.853. The summed E-state index contributed by atoms with van der Waals surface area (Å²) in [5, 5.41) is 0.314. The average Bonchev–Trinajstić information content (AvgIpc) is 2.94. The Morgan fingerprint density at radius 3 is 2.95 bits per heavy atom. The van der Waals surface area contributed by atoms with Crippen LogP contribution in [0.5, 0.6) is 11.5 Å². The maximum atomic E-state index is 12.5. The Morgan fingerprint density at radius 1 is 1.33 bits per heavy atom. The minimum absolute atomic E-state index is 0.211. The van der Waals surface area contributed by atoms with Crippen molar-refractivity contribution in [2.75, 3.05) is 12.5 Å². The van der Waals surface area contributed by atoms with Gasteiger partial charge in [0, 0.05) is 27.8 Å². The summed E-state index contributed by atoms with van der Waals surface area (Å²) in [7, 11) is -0.853. The lowest BCUT2D eigenvalue weighted by Crippen LogP contribution is -2.29. The molecule has 1 aliphatic carbocycles. The van der Waals surface area contributed by atoms with Gasteiger partial charge in [-0.2, -0.15) is 0 Å². The van der Waals surface area contributed by atoms with E-state index in [1.54, 1.807) is 0 Å². The Morgan fingerprint density at radius 2 is 2.14 bits per heavy atom. The lowest BCUT2D eigenvalue weighted by atomic mass is 9.91. The fourth-order valence-electron chi connectivity index (χ4n) is 3.17. The van der Waals surface area contributed by atoms with Crippen LogP contribution in [0.1, 0.15) is 44.2 Å². The van der Waals surface area contributed by atoms with Gasteiger partial charge in [0.2, 0.25) is 6.79 Å². The van der Waals surface area contributed by atoms with Gasteiger partial charge in [-0.05, 0) is 36.5 Å². The molecule has 1 aromatic carbocycles. The van der Waals surface area contributed by atoms with Crippen LogP contribution < -0.4 is 15.2 Å². The fourth-order valence-corrected chi connectivity index (χ4v) is 4.96. The van der Waals surface area contributed by atoms with E-state index in [0.717, 1.165) is 29.9 Å². The third-order valence-corrected chi connectivity index (χ3v) is 6.29. The normalized spacial score (nSPS) is 27.3. The molecule has 4 nitrogen and oxygen atoms in total. The first kappa shape index (κ1) is 14.9. The molecule has 1 saturated carbocycles. The second kappa shape index (κ2) is 6.36. The Bertz CT molecular complexity index is 534. The van der Waals surface area contributed by atoms with E-state index < -0.39 is 10.8 Å². The zero-order valence-electron chi connectivity index (χ0n) is 12.4. The Labute approximate surface area is 128 Å². The first-order valence-electron chi connectivity index (χ1n) is 7.66. The van der Waals surface area contributed by atoms with Gasteiger partial charge in [-0.1, -0.05) is 25.8 Å². The molecule has 0 radical (unpaired) electrons. The van der Waals surface area contributed by atoms with Crippen molar-refractivity contribution in [2.24, 2.45) is 11.7 Å². The number of benzene rings is 1. The van der Waals surface area contributed by atoms with E-state index in [0.29, 0.717) is 16.9 Å². The summed E-state index contributed by atoms with van der Waals surface area (Å²) in [5.41, 5.74) is 7.21. The van der Waals surface area contributed by atoms with Crippen LogP contribution in [0.3, 0.4) is 0 Å². The minimum Gasteiger partial charge on any atom is -0.454 e. The molecule has 1 fully saturated rings. The molecule has 1 aliphatic heterocycles. The van der Waals surface area contributed by atoms with E-state index >= 15 is 0 Å². The highest BCUT2D eigenvalue weighted by Crippen LogP contribution is 2.34. The van der Waals surface area contributed by atoms with E-state index in [4.69, 9.17) is 15.2 Å². The molecule has 0 bridgehead atoms. The molecule has 116 valence electrons. The van der Waals surface area contributed by atoms with Gasteiger partial charge in [0.1, 0.15) is 0 Å². The van der Waals surface area contributed by atoms with Crippen molar-refractivity contribution in [2.45, 2.75) is 43.9 Å². The monoisotopic (exact) mass is 309 g/mol. The van der Waals surface area contributed by atoms with Crippen LogP contribution in [-0.2, 0) is 10.8 Å². The van der Waals surface area contributed by atoms with Gasteiger partial charge < -0.3 is 15.2 Å². The zero-order valence-corrected chi connectivity index (χ0v) is 13.2. The number of rotatable bonds is 4. The number of ether oxygens (including phenoxy) is 2. The molecule has 3 rings (SSSR count). The van der Waals surface area contributed by atoms with Crippen LogP contribution in [-0.4, -0.2) is 22.0 Å². The van der Waals surface area contributed by atoms with Crippen molar-refractivity contribution >= 4 is 10.8 Å². The fraction of sp³-hybridized carbons (Fsp3) is 0.625. The van der Waals surface area contributed by atoms with Crippen molar-refractivity contribution < 1.29 is 13.7 Å². The summed E-state index contributed by atoms with van der Waals surface area (Å²) in [6, 6.07) is 5.52. The Balaban J connectivity index is 1.63. The van der Waals surface area contributed by atoms with Crippen molar-refractivity contribution in [3.8, 4) is 11.5 Å². The largest absolute Gasteiger partial charge is 0.454 e. The smallest absolute Gasteiger partial charge is 0.231 e. The lowest BCUT2D eigenvalue weighted by Gasteiger charge is -2.27. The zero-order chi connectivity index (χ0) is 14.8. The molecule has 21 heavy (non-hydrogen) atoms. The van der Waals surface area contributed by atoms with E-state index in [1.807, 2.05) is 18.2 Å². The third kappa shape index (κ3) is 3.40. The van der Waals surface area contributed by atoms with Gasteiger partial charge in [-0.25, -0.2) is 0 Å². The molecule has 0 spiro atoms. The molecular weight excluding hydrogens is 286 g/mol. The highest BCUT2D eigenvalue weighted by atomic mass is 32.2. The lowest BCUT2D eigenvalue weighted by molar-refractivity contribution is 0.174. The first-order valence-corrected chi connectivity index (χ1v) is 9.04. The van der Waals surface area contributed by atoms with E-state index in [2.05, 4.69) is 6.92 Å².